The van der Waals surface area contributed by atoms with Crippen molar-refractivity contribution in [2.45, 2.75) is 6.42 Å². The second-order valence-electron chi connectivity index (χ2n) is 14.6. The Bertz CT molecular complexity index is 2960. The highest BCUT2D eigenvalue weighted by Crippen LogP contribution is 2.49. The first-order chi connectivity index (χ1) is 27.8. The first-order valence-corrected chi connectivity index (χ1v) is 19.3. The van der Waals surface area contributed by atoms with Gasteiger partial charge < -0.3 is 14.4 Å². The average Bonchev–Trinajstić information content (AvgIpc) is 3.81. The molecule has 0 atom stereocenters. The highest BCUT2D eigenvalue weighted by molar-refractivity contribution is 6.23. The van der Waals surface area contributed by atoms with Crippen molar-refractivity contribution < 1.29 is 0 Å². The number of anilines is 6. The standard InChI is InChI=1S/C53H37N3/c1-5-19-40(20-6-1)54(41-21-7-2-8-22-41)45-35-50(55(42-23-9-3-10-24-42)43-25-11-4-12-26-43)52-49-31-29-37-17-13-16-28-48(37)53(49)56(51(52)36-45)44-30-32-47-39(34-44)33-38-18-14-15-27-46(38)47/h1-32,34-36H,33H2. The summed E-state index contributed by atoms with van der Waals surface area (Å²) in [6, 6.07) is 77.2. The quantitative estimate of drug-likeness (QED) is 0.163. The number of nitrogens with zero attached hydrogens (tertiary/aromatic N) is 3. The Balaban J connectivity index is 1.30. The molecule has 0 radical (unpaired) electrons. The third kappa shape index (κ3) is 5.20. The van der Waals surface area contributed by atoms with E-state index in [1.807, 2.05) is 0 Å². The van der Waals surface area contributed by atoms with Crippen molar-refractivity contribution in [1.29, 1.82) is 0 Å². The van der Waals surface area contributed by atoms with Crippen LogP contribution in [0.1, 0.15) is 11.1 Å². The van der Waals surface area contributed by atoms with E-state index in [2.05, 4.69) is 227 Å². The van der Waals surface area contributed by atoms with Gasteiger partial charge in [0.1, 0.15) is 0 Å². The van der Waals surface area contributed by atoms with Crippen LogP contribution in [0, 0.1) is 0 Å². The van der Waals surface area contributed by atoms with E-state index >= 15 is 0 Å². The average molecular weight is 716 g/mol. The van der Waals surface area contributed by atoms with Crippen molar-refractivity contribution in [1.82, 2.24) is 4.57 Å². The minimum Gasteiger partial charge on any atom is -0.310 e. The molecule has 0 saturated heterocycles. The summed E-state index contributed by atoms with van der Waals surface area (Å²) in [6.07, 6.45) is 0.930. The smallest absolute Gasteiger partial charge is 0.0620 e. The fraction of sp³-hybridized carbons (Fsp3) is 0.0189. The van der Waals surface area contributed by atoms with Gasteiger partial charge >= 0.3 is 0 Å². The summed E-state index contributed by atoms with van der Waals surface area (Å²) in [7, 11) is 0. The molecule has 1 aliphatic carbocycles. The maximum absolute atomic E-state index is 2.53. The normalized spacial score (nSPS) is 11.9. The topological polar surface area (TPSA) is 11.4 Å². The van der Waals surface area contributed by atoms with Crippen molar-refractivity contribution in [2.24, 2.45) is 0 Å². The Morgan fingerprint density at radius 1 is 0.375 bits per heavy atom. The Morgan fingerprint density at radius 2 is 0.929 bits per heavy atom. The molecule has 11 rings (SSSR count). The van der Waals surface area contributed by atoms with Crippen molar-refractivity contribution in [2.75, 3.05) is 9.80 Å². The lowest BCUT2D eigenvalue weighted by molar-refractivity contribution is 1.16. The van der Waals surface area contributed by atoms with Crippen LogP contribution in [0.4, 0.5) is 34.1 Å². The Labute approximate surface area is 326 Å². The van der Waals surface area contributed by atoms with Crippen LogP contribution in [0.5, 0.6) is 0 Å². The van der Waals surface area contributed by atoms with Crippen LogP contribution in [0.15, 0.2) is 212 Å². The van der Waals surface area contributed by atoms with Crippen molar-refractivity contribution in [3.05, 3.63) is 223 Å². The summed E-state index contributed by atoms with van der Waals surface area (Å²) >= 11 is 0. The first-order valence-electron chi connectivity index (χ1n) is 19.3. The van der Waals surface area contributed by atoms with Crippen LogP contribution in [0.2, 0.25) is 0 Å². The monoisotopic (exact) mass is 715 g/mol. The molecule has 1 aromatic heterocycles. The lowest BCUT2D eigenvalue weighted by Gasteiger charge is -2.30. The Kier molecular flexibility index (Phi) is 7.56. The fourth-order valence-corrected chi connectivity index (χ4v) is 8.89. The van der Waals surface area contributed by atoms with Crippen LogP contribution in [-0.4, -0.2) is 4.57 Å². The van der Waals surface area contributed by atoms with Gasteiger partial charge in [-0.3, -0.25) is 0 Å². The summed E-state index contributed by atoms with van der Waals surface area (Å²) in [6.45, 7) is 0. The second-order valence-corrected chi connectivity index (χ2v) is 14.6. The Morgan fingerprint density at radius 3 is 1.59 bits per heavy atom. The van der Waals surface area contributed by atoms with Crippen LogP contribution in [0.25, 0.3) is 49.4 Å². The zero-order valence-electron chi connectivity index (χ0n) is 30.8. The van der Waals surface area contributed by atoms with Crippen molar-refractivity contribution >= 4 is 66.7 Å². The van der Waals surface area contributed by atoms with Crippen molar-refractivity contribution in [3.63, 3.8) is 0 Å². The Hall–Kier alpha value is -7.36. The molecule has 56 heavy (non-hydrogen) atoms. The summed E-state index contributed by atoms with van der Waals surface area (Å²) in [4.78, 5) is 4.81. The third-order valence-corrected chi connectivity index (χ3v) is 11.3. The number of rotatable bonds is 7. The lowest BCUT2D eigenvalue weighted by atomic mass is 10.0. The summed E-state index contributed by atoms with van der Waals surface area (Å²) in [5.41, 5.74) is 15.5. The van der Waals surface area contributed by atoms with Gasteiger partial charge in [-0.05, 0) is 107 Å². The van der Waals surface area contributed by atoms with Gasteiger partial charge in [0, 0.05) is 44.6 Å². The molecule has 0 fully saturated rings. The maximum Gasteiger partial charge on any atom is 0.0620 e. The largest absolute Gasteiger partial charge is 0.310 e. The molecule has 0 bridgehead atoms. The number of fused-ring (bicyclic) bond motifs is 8. The van der Waals surface area contributed by atoms with Crippen LogP contribution >= 0.6 is 0 Å². The van der Waals surface area contributed by atoms with Crippen molar-refractivity contribution in [3.8, 4) is 16.8 Å². The van der Waals surface area contributed by atoms with E-state index in [-0.39, 0.29) is 0 Å². The SMILES string of the molecule is c1ccc(N(c2ccccc2)c2cc(N(c3ccccc3)c3ccccc3)c3c4ccc5ccccc5c4n(-c4ccc5c(c4)Cc4ccccc4-5)c3c2)cc1. The van der Waals surface area contributed by atoms with Gasteiger partial charge in [0.2, 0.25) is 0 Å². The minimum atomic E-state index is 0.930. The first kappa shape index (κ1) is 32.1. The summed E-state index contributed by atoms with van der Waals surface area (Å²) in [5, 5.41) is 4.86. The fourth-order valence-electron chi connectivity index (χ4n) is 8.89. The van der Waals surface area contributed by atoms with E-state index in [1.165, 1.54) is 49.3 Å². The molecule has 0 saturated carbocycles. The van der Waals surface area contributed by atoms with Gasteiger partial charge in [-0.25, -0.2) is 0 Å². The molecule has 0 amide bonds. The molecule has 0 N–H and O–H groups in total. The highest BCUT2D eigenvalue weighted by Gasteiger charge is 2.26. The predicted molar refractivity (Wildman–Crippen MR) is 236 cm³/mol. The number of hydrogen-bond acceptors (Lipinski definition) is 2. The molecule has 10 aromatic rings. The predicted octanol–water partition coefficient (Wildman–Crippen LogP) is 14.4. The molecule has 3 nitrogen and oxygen atoms in total. The van der Waals surface area contributed by atoms with Gasteiger partial charge in [0.25, 0.3) is 0 Å². The number of para-hydroxylation sites is 4. The molecule has 3 heteroatoms. The summed E-state index contributed by atoms with van der Waals surface area (Å²) < 4.78 is 2.53. The second kappa shape index (κ2) is 13.2. The van der Waals surface area contributed by atoms with Crippen LogP contribution < -0.4 is 9.80 Å². The van der Waals surface area contributed by atoms with E-state index in [9.17, 15) is 0 Å². The zero-order chi connectivity index (χ0) is 37.0. The van der Waals surface area contributed by atoms with E-state index in [1.54, 1.807) is 0 Å². The number of hydrogen-bond donors (Lipinski definition) is 0. The van der Waals surface area contributed by atoms with E-state index in [0.29, 0.717) is 0 Å². The van der Waals surface area contributed by atoms with E-state index < -0.39 is 0 Å². The van der Waals surface area contributed by atoms with Gasteiger partial charge in [-0.1, -0.05) is 140 Å². The number of benzene rings is 9. The molecular weight excluding hydrogens is 679 g/mol. The van der Waals surface area contributed by atoms with Gasteiger partial charge in [-0.2, -0.15) is 0 Å². The lowest BCUT2D eigenvalue weighted by Crippen LogP contribution is -2.14. The molecule has 1 heterocycles. The molecule has 0 spiro atoms. The summed E-state index contributed by atoms with van der Waals surface area (Å²) in [5.74, 6) is 0. The molecule has 264 valence electrons. The molecule has 0 aliphatic heterocycles. The number of aromatic nitrogens is 1. The minimum absolute atomic E-state index is 0.930. The molecule has 0 unspecified atom stereocenters. The van der Waals surface area contributed by atoms with Gasteiger partial charge in [0.05, 0.1) is 22.4 Å². The van der Waals surface area contributed by atoms with Gasteiger partial charge in [0.15, 0.2) is 0 Å². The van der Waals surface area contributed by atoms with E-state index in [0.717, 1.165) is 51.7 Å². The van der Waals surface area contributed by atoms with Crippen LogP contribution in [0.3, 0.4) is 0 Å². The molecular formula is C53H37N3. The van der Waals surface area contributed by atoms with E-state index in [4.69, 9.17) is 0 Å². The highest BCUT2D eigenvalue weighted by atomic mass is 15.2. The van der Waals surface area contributed by atoms with Crippen LogP contribution in [-0.2, 0) is 6.42 Å². The zero-order valence-corrected chi connectivity index (χ0v) is 30.8. The van der Waals surface area contributed by atoms with Gasteiger partial charge in [-0.15, -0.1) is 0 Å². The molecule has 1 aliphatic rings. The molecule has 9 aromatic carbocycles. The maximum atomic E-state index is 2.53. The third-order valence-electron chi connectivity index (χ3n) is 11.3.